The number of hydrogen-bond acceptors (Lipinski definition) is 4. The van der Waals surface area contributed by atoms with Crippen LogP contribution in [0.15, 0.2) is 18.2 Å². The molecule has 2 unspecified atom stereocenters. The molecule has 1 rings (SSSR count). The van der Waals surface area contributed by atoms with Gasteiger partial charge in [0, 0.05) is 0 Å². The third kappa shape index (κ3) is 3.11. The molecule has 0 bridgehead atoms. The minimum Gasteiger partial charge on any atom is -0.508 e. The lowest BCUT2D eigenvalue weighted by Gasteiger charge is -2.16. The van der Waals surface area contributed by atoms with E-state index >= 15 is 0 Å². The molecule has 0 amide bonds. The maximum Gasteiger partial charge on any atom is 0.416 e. The second-order valence-corrected chi connectivity index (χ2v) is 3.54. The second-order valence-electron chi connectivity index (χ2n) is 3.54. The highest BCUT2D eigenvalue weighted by molar-refractivity contribution is 5.73. The lowest BCUT2D eigenvalue weighted by atomic mass is 10.0. The van der Waals surface area contributed by atoms with Gasteiger partial charge >= 0.3 is 12.1 Å². The van der Waals surface area contributed by atoms with Crippen LogP contribution in [0.2, 0.25) is 0 Å². The first kappa shape index (κ1) is 14.3. The van der Waals surface area contributed by atoms with Crippen LogP contribution in [0.5, 0.6) is 5.75 Å². The fraction of sp³-hybridized carbons (Fsp3) is 0.300. The zero-order chi connectivity index (χ0) is 14.1. The number of aliphatic carboxylic acids is 1. The van der Waals surface area contributed by atoms with Crippen molar-refractivity contribution in [3.05, 3.63) is 29.3 Å². The van der Waals surface area contributed by atoms with Crippen LogP contribution in [0.4, 0.5) is 13.2 Å². The van der Waals surface area contributed by atoms with Crippen molar-refractivity contribution in [2.24, 2.45) is 0 Å². The van der Waals surface area contributed by atoms with Crippen molar-refractivity contribution in [3.8, 4) is 5.75 Å². The number of benzene rings is 1. The number of aliphatic hydroxyl groups excluding tert-OH is 2. The van der Waals surface area contributed by atoms with Gasteiger partial charge in [-0.1, -0.05) is 0 Å². The Balaban J connectivity index is 3.18. The molecule has 8 heteroatoms. The van der Waals surface area contributed by atoms with Crippen LogP contribution in [0.25, 0.3) is 0 Å². The van der Waals surface area contributed by atoms with E-state index in [4.69, 9.17) is 15.3 Å². The predicted molar refractivity (Wildman–Crippen MR) is 51.7 cm³/mol. The van der Waals surface area contributed by atoms with Gasteiger partial charge in [-0.25, -0.2) is 4.79 Å². The summed E-state index contributed by atoms with van der Waals surface area (Å²) < 4.78 is 37.2. The molecule has 2 atom stereocenters. The van der Waals surface area contributed by atoms with Crippen molar-refractivity contribution >= 4 is 5.97 Å². The number of aromatic hydroxyl groups is 1. The number of carboxylic acids is 1. The summed E-state index contributed by atoms with van der Waals surface area (Å²) in [6.07, 6.45) is -9.12. The lowest BCUT2D eigenvalue weighted by molar-refractivity contribution is -0.153. The molecule has 5 nitrogen and oxygen atoms in total. The number of carbonyl (C=O) groups is 1. The number of phenols is 1. The van der Waals surface area contributed by atoms with Gasteiger partial charge in [0.2, 0.25) is 0 Å². The number of hydrogen-bond donors (Lipinski definition) is 4. The van der Waals surface area contributed by atoms with Crippen LogP contribution in [0, 0.1) is 0 Å². The molecular formula is C10H9F3O5. The smallest absolute Gasteiger partial charge is 0.416 e. The van der Waals surface area contributed by atoms with Crippen LogP contribution in [-0.4, -0.2) is 32.5 Å². The number of alkyl halides is 3. The molecule has 0 aromatic heterocycles. The molecule has 0 aliphatic rings. The van der Waals surface area contributed by atoms with Gasteiger partial charge in [-0.15, -0.1) is 0 Å². The number of halogens is 3. The fourth-order valence-corrected chi connectivity index (χ4v) is 1.29. The van der Waals surface area contributed by atoms with Crippen LogP contribution >= 0.6 is 0 Å². The molecule has 0 spiro atoms. The van der Waals surface area contributed by atoms with Crippen molar-refractivity contribution < 1.29 is 38.4 Å². The summed E-state index contributed by atoms with van der Waals surface area (Å²) in [5, 5.41) is 35.9. The average Bonchev–Trinajstić information content (AvgIpc) is 2.24. The summed E-state index contributed by atoms with van der Waals surface area (Å²) in [7, 11) is 0. The largest absolute Gasteiger partial charge is 0.508 e. The van der Waals surface area contributed by atoms with Gasteiger partial charge in [-0.2, -0.15) is 13.2 Å². The molecular weight excluding hydrogens is 257 g/mol. The predicted octanol–water partition coefficient (Wildman–Crippen LogP) is 0.890. The number of phenolic OH excluding ortho intramolecular Hbond substituents is 1. The molecule has 0 aliphatic heterocycles. The summed E-state index contributed by atoms with van der Waals surface area (Å²) >= 11 is 0. The maximum atomic E-state index is 12.4. The van der Waals surface area contributed by atoms with Crippen molar-refractivity contribution in [2.75, 3.05) is 0 Å². The fourth-order valence-electron chi connectivity index (χ4n) is 1.29. The van der Waals surface area contributed by atoms with Crippen LogP contribution in [0.1, 0.15) is 17.2 Å². The van der Waals surface area contributed by atoms with E-state index in [1.807, 2.05) is 0 Å². The molecule has 0 fully saturated rings. The first-order chi connectivity index (χ1) is 8.12. The Hall–Kier alpha value is -1.80. The van der Waals surface area contributed by atoms with Crippen molar-refractivity contribution in [3.63, 3.8) is 0 Å². The highest BCUT2D eigenvalue weighted by Crippen LogP contribution is 2.34. The molecule has 0 radical (unpaired) electrons. The molecule has 4 N–H and O–H groups in total. The minimum absolute atomic E-state index is 0.420. The quantitative estimate of drug-likeness (QED) is 0.651. The maximum absolute atomic E-state index is 12.4. The van der Waals surface area contributed by atoms with Gasteiger partial charge in [0.1, 0.15) is 11.9 Å². The zero-order valence-corrected chi connectivity index (χ0v) is 8.72. The number of aliphatic hydroxyl groups is 2. The van der Waals surface area contributed by atoms with E-state index in [-0.39, 0.29) is 0 Å². The highest BCUT2D eigenvalue weighted by atomic mass is 19.4. The van der Waals surface area contributed by atoms with Crippen molar-refractivity contribution in [1.29, 1.82) is 0 Å². The van der Waals surface area contributed by atoms with Crippen LogP contribution in [0.3, 0.4) is 0 Å². The number of carboxylic acid groups (broad SMARTS) is 1. The first-order valence-corrected chi connectivity index (χ1v) is 4.63. The molecule has 18 heavy (non-hydrogen) atoms. The highest BCUT2D eigenvalue weighted by Gasteiger charge is 2.33. The molecule has 100 valence electrons. The normalized spacial score (nSPS) is 15.2. The lowest BCUT2D eigenvalue weighted by Crippen LogP contribution is -2.27. The standard InChI is InChI=1S/C10H9F3O5/c11-10(12,13)5-1-4(2-6(14)3-5)7(15)8(16)9(17)18/h1-3,7-8,14-16H,(H,17,18). The number of rotatable bonds is 3. The van der Waals surface area contributed by atoms with Gasteiger partial charge in [0.05, 0.1) is 5.56 Å². The van der Waals surface area contributed by atoms with Gasteiger partial charge in [-0.05, 0) is 23.8 Å². The van der Waals surface area contributed by atoms with E-state index in [0.717, 1.165) is 6.07 Å². The average molecular weight is 266 g/mol. The third-order valence-electron chi connectivity index (χ3n) is 2.16. The Morgan fingerprint density at radius 1 is 1.17 bits per heavy atom. The summed E-state index contributed by atoms with van der Waals surface area (Å²) in [6, 6.07) is 1.62. The van der Waals surface area contributed by atoms with Gasteiger partial charge in [-0.3, -0.25) is 0 Å². The first-order valence-electron chi connectivity index (χ1n) is 4.63. The van der Waals surface area contributed by atoms with Gasteiger partial charge in [0.15, 0.2) is 6.10 Å². The van der Waals surface area contributed by atoms with Crippen molar-refractivity contribution in [2.45, 2.75) is 18.4 Å². The Labute approximate surface area is 98.7 Å². The summed E-state index contributed by atoms with van der Waals surface area (Å²) in [5.41, 5.74) is -1.80. The Bertz CT molecular complexity index is 457. The van der Waals surface area contributed by atoms with Crippen LogP contribution in [-0.2, 0) is 11.0 Å². The summed E-state index contributed by atoms with van der Waals surface area (Å²) in [4.78, 5) is 10.4. The van der Waals surface area contributed by atoms with E-state index in [1.165, 1.54) is 0 Å². The van der Waals surface area contributed by atoms with Crippen molar-refractivity contribution in [1.82, 2.24) is 0 Å². The third-order valence-corrected chi connectivity index (χ3v) is 2.16. The molecule has 0 aliphatic carbocycles. The molecule has 0 heterocycles. The topological polar surface area (TPSA) is 98.0 Å². The Morgan fingerprint density at radius 3 is 2.17 bits per heavy atom. The second kappa shape index (κ2) is 4.83. The van der Waals surface area contributed by atoms with Crippen LogP contribution < -0.4 is 0 Å². The monoisotopic (exact) mass is 266 g/mol. The Morgan fingerprint density at radius 2 is 1.72 bits per heavy atom. The van der Waals surface area contributed by atoms with Gasteiger partial charge in [0.25, 0.3) is 0 Å². The summed E-state index contributed by atoms with van der Waals surface area (Å²) in [5.74, 6) is -2.59. The van der Waals surface area contributed by atoms with E-state index in [1.54, 1.807) is 0 Å². The Kier molecular flexibility index (Phi) is 3.82. The molecule has 1 aromatic carbocycles. The molecule has 1 aromatic rings. The SMILES string of the molecule is O=C(O)C(O)C(O)c1cc(O)cc(C(F)(F)F)c1. The molecule has 0 saturated heterocycles. The van der Waals surface area contributed by atoms with Gasteiger partial charge < -0.3 is 20.4 Å². The van der Waals surface area contributed by atoms with E-state index < -0.39 is 41.2 Å². The van der Waals surface area contributed by atoms with E-state index in [0.29, 0.717) is 12.1 Å². The summed E-state index contributed by atoms with van der Waals surface area (Å²) in [6.45, 7) is 0. The minimum atomic E-state index is -4.76. The zero-order valence-electron chi connectivity index (χ0n) is 8.72. The van der Waals surface area contributed by atoms with E-state index in [2.05, 4.69) is 0 Å². The van der Waals surface area contributed by atoms with E-state index in [9.17, 15) is 23.1 Å². The molecule has 0 saturated carbocycles.